The molecule has 0 aromatic carbocycles. The van der Waals surface area contributed by atoms with Gasteiger partial charge in [-0.1, -0.05) is 13.8 Å². The first kappa shape index (κ1) is 16.0. The molecule has 1 atom stereocenters. The zero-order chi connectivity index (χ0) is 14.6. The van der Waals surface area contributed by atoms with E-state index in [1.165, 1.54) is 10.9 Å². The summed E-state index contributed by atoms with van der Waals surface area (Å²) >= 11 is 0. The third kappa shape index (κ3) is 4.50. The number of sulfonamides is 1. The molecule has 19 heavy (non-hydrogen) atoms. The Morgan fingerprint density at radius 1 is 1.37 bits per heavy atom. The van der Waals surface area contributed by atoms with Crippen LogP contribution in [0.1, 0.15) is 40.5 Å². The van der Waals surface area contributed by atoms with E-state index in [1.54, 1.807) is 0 Å². The van der Waals surface area contributed by atoms with E-state index in [-0.39, 0.29) is 16.8 Å². The fourth-order valence-corrected chi connectivity index (χ4v) is 3.11. The fourth-order valence-electron chi connectivity index (χ4n) is 1.76. The Hall–Kier alpha value is -1.08. The molecule has 1 aromatic heterocycles. The summed E-state index contributed by atoms with van der Waals surface area (Å²) in [7, 11) is -3.59. The minimum atomic E-state index is -3.59. The van der Waals surface area contributed by atoms with Crippen LogP contribution in [0.5, 0.6) is 0 Å². The number of aromatic nitrogens is 2. The number of nitrogens with zero attached hydrogens (tertiary/aromatic N) is 2. The Balaban J connectivity index is 2.77. The molecule has 0 aliphatic rings. The van der Waals surface area contributed by atoms with Crippen LogP contribution in [0, 0.1) is 5.92 Å². The van der Waals surface area contributed by atoms with Gasteiger partial charge in [-0.15, -0.1) is 0 Å². The van der Waals surface area contributed by atoms with E-state index in [0.717, 1.165) is 12.8 Å². The maximum atomic E-state index is 12.2. The average molecular weight is 288 g/mol. The Morgan fingerprint density at radius 3 is 2.47 bits per heavy atom. The van der Waals surface area contributed by atoms with Gasteiger partial charge in [-0.05, 0) is 32.6 Å². The molecule has 0 aliphatic carbocycles. The van der Waals surface area contributed by atoms with Gasteiger partial charge in [0.05, 0.1) is 0 Å². The number of nitrogens with two attached hydrogens (primary N) is 1. The molecule has 1 heterocycles. The summed E-state index contributed by atoms with van der Waals surface area (Å²) in [5.74, 6) is 0.602. The molecular weight excluding hydrogens is 264 g/mol. The molecule has 1 unspecified atom stereocenters. The lowest BCUT2D eigenvalue weighted by Crippen LogP contribution is -2.33. The lowest BCUT2D eigenvalue weighted by molar-refractivity contribution is 0.485. The summed E-state index contributed by atoms with van der Waals surface area (Å²) in [5.41, 5.74) is 5.65. The van der Waals surface area contributed by atoms with Crippen molar-refractivity contribution in [1.82, 2.24) is 14.5 Å². The Morgan fingerprint density at radius 2 is 2.00 bits per heavy atom. The highest BCUT2D eigenvalue weighted by Crippen LogP contribution is 2.17. The van der Waals surface area contributed by atoms with Crippen LogP contribution in [0.25, 0.3) is 0 Å². The van der Waals surface area contributed by atoms with Crippen LogP contribution < -0.4 is 10.5 Å². The van der Waals surface area contributed by atoms with E-state index < -0.39 is 10.0 Å². The van der Waals surface area contributed by atoms with Gasteiger partial charge in [-0.2, -0.15) is 5.10 Å². The van der Waals surface area contributed by atoms with Gasteiger partial charge in [0.1, 0.15) is 4.90 Å². The number of nitrogen functional groups attached to an aromatic ring is 1. The lowest BCUT2D eigenvalue weighted by atomic mass is 10.1. The molecule has 0 saturated heterocycles. The highest BCUT2D eigenvalue weighted by Gasteiger charge is 2.22. The molecule has 0 fully saturated rings. The smallest absolute Gasteiger partial charge is 0.246 e. The second-order valence-electron chi connectivity index (χ2n) is 5.23. The van der Waals surface area contributed by atoms with Crippen molar-refractivity contribution in [3.05, 3.63) is 6.20 Å². The quantitative estimate of drug-likeness (QED) is 0.797. The van der Waals surface area contributed by atoms with E-state index >= 15 is 0 Å². The maximum absolute atomic E-state index is 12.2. The molecule has 0 saturated carbocycles. The molecule has 0 amide bonds. The monoisotopic (exact) mass is 288 g/mol. The minimum absolute atomic E-state index is 0.0467. The van der Waals surface area contributed by atoms with Crippen LogP contribution in [0.4, 0.5) is 5.82 Å². The summed E-state index contributed by atoms with van der Waals surface area (Å²) in [4.78, 5) is 0.0609. The van der Waals surface area contributed by atoms with E-state index in [4.69, 9.17) is 5.73 Å². The molecule has 0 aliphatic heterocycles. The number of nitrogens with one attached hydrogen (secondary N) is 1. The van der Waals surface area contributed by atoms with Crippen LogP contribution in [0.15, 0.2) is 11.1 Å². The van der Waals surface area contributed by atoms with Crippen molar-refractivity contribution in [3.63, 3.8) is 0 Å². The molecule has 7 heteroatoms. The Bertz CT molecular complexity index is 508. The standard InChI is InChI=1S/C12H24N4O2S/c1-5-16-8-11(12(13)14-16)19(17,18)15-10(4)7-6-9(2)3/h8-10,15H,5-7H2,1-4H3,(H2,13,14). The molecule has 0 radical (unpaired) electrons. The third-order valence-electron chi connectivity index (χ3n) is 2.90. The number of hydrogen-bond acceptors (Lipinski definition) is 4. The van der Waals surface area contributed by atoms with Gasteiger partial charge < -0.3 is 5.73 Å². The molecule has 1 rings (SSSR count). The van der Waals surface area contributed by atoms with Crippen LogP contribution in [-0.2, 0) is 16.6 Å². The van der Waals surface area contributed by atoms with E-state index in [9.17, 15) is 8.42 Å². The summed E-state index contributed by atoms with van der Waals surface area (Å²) in [6.07, 6.45) is 3.25. The molecule has 0 spiro atoms. The summed E-state index contributed by atoms with van der Waals surface area (Å²) in [6.45, 7) is 8.56. The normalized spacial score (nSPS) is 13.9. The summed E-state index contributed by atoms with van der Waals surface area (Å²) < 4.78 is 28.5. The van der Waals surface area contributed by atoms with Gasteiger partial charge in [0.2, 0.25) is 10.0 Å². The van der Waals surface area contributed by atoms with Gasteiger partial charge in [0, 0.05) is 18.8 Å². The van der Waals surface area contributed by atoms with Gasteiger partial charge in [0.25, 0.3) is 0 Å². The second-order valence-corrected chi connectivity index (χ2v) is 6.91. The van der Waals surface area contributed by atoms with E-state index in [0.29, 0.717) is 12.5 Å². The average Bonchev–Trinajstić information content (AvgIpc) is 2.68. The second kappa shape index (κ2) is 6.38. The van der Waals surface area contributed by atoms with Crippen LogP contribution in [0.2, 0.25) is 0 Å². The SMILES string of the molecule is CCn1cc(S(=O)(=O)NC(C)CCC(C)C)c(N)n1. The number of hydrogen-bond donors (Lipinski definition) is 2. The van der Waals surface area contributed by atoms with Crippen molar-refractivity contribution in [2.45, 2.75) is 58.0 Å². The van der Waals surface area contributed by atoms with Crippen LogP contribution in [0.3, 0.4) is 0 Å². The Kier molecular flexibility index (Phi) is 5.37. The van der Waals surface area contributed by atoms with Crippen molar-refractivity contribution in [2.75, 3.05) is 5.73 Å². The molecular formula is C12H24N4O2S. The lowest BCUT2D eigenvalue weighted by Gasteiger charge is -2.14. The highest BCUT2D eigenvalue weighted by molar-refractivity contribution is 7.89. The first-order valence-corrected chi connectivity index (χ1v) is 8.09. The zero-order valence-corrected chi connectivity index (χ0v) is 12.9. The van der Waals surface area contributed by atoms with Gasteiger partial charge >= 0.3 is 0 Å². The third-order valence-corrected chi connectivity index (χ3v) is 4.51. The zero-order valence-electron chi connectivity index (χ0n) is 12.0. The van der Waals surface area contributed by atoms with Crippen molar-refractivity contribution >= 4 is 15.8 Å². The molecule has 6 nitrogen and oxygen atoms in total. The molecule has 110 valence electrons. The largest absolute Gasteiger partial charge is 0.381 e. The van der Waals surface area contributed by atoms with Crippen LogP contribution >= 0.6 is 0 Å². The summed E-state index contributed by atoms with van der Waals surface area (Å²) in [6, 6.07) is -0.114. The minimum Gasteiger partial charge on any atom is -0.381 e. The van der Waals surface area contributed by atoms with Gasteiger partial charge in [0.15, 0.2) is 5.82 Å². The van der Waals surface area contributed by atoms with Crippen molar-refractivity contribution in [2.24, 2.45) is 5.92 Å². The predicted molar refractivity (Wildman–Crippen MR) is 76.2 cm³/mol. The van der Waals surface area contributed by atoms with Crippen molar-refractivity contribution in [1.29, 1.82) is 0 Å². The topological polar surface area (TPSA) is 90.0 Å². The maximum Gasteiger partial charge on any atom is 0.246 e. The highest BCUT2D eigenvalue weighted by atomic mass is 32.2. The van der Waals surface area contributed by atoms with E-state index in [1.807, 2.05) is 13.8 Å². The molecule has 3 N–H and O–H groups in total. The van der Waals surface area contributed by atoms with Crippen molar-refractivity contribution in [3.8, 4) is 0 Å². The van der Waals surface area contributed by atoms with E-state index in [2.05, 4.69) is 23.7 Å². The van der Waals surface area contributed by atoms with Crippen molar-refractivity contribution < 1.29 is 8.42 Å². The number of rotatable bonds is 7. The molecule has 1 aromatic rings. The van der Waals surface area contributed by atoms with Gasteiger partial charge in [-0.3, -0.25) is 4.68 Å². The van der Waals surface area contributed by atoms with Gasteiger partial charge in [-0.25, -0.2) is 13.1 Å². The predicted octanol–water partition coefficient (Wildman–Crippen LogP) is 1.59. The number of aryl methyl sites for hydroxylation is 1. The summed E-state index contributed by atoms with van der Waals surface area (Å²) in [5, 5.41) is 3.95. The van der Waals surface area contributed by atoms with Crippen LogP contribution in [-0.4, -0.2) is 24.2 Å². The number of anilines is 1. The molecule has 0 bridgehead atoms. The fraction of sp³-hybridized carbons (Fsp3) is 0.750. The first-order chi connectivity index (χ1) is 8.76. The first-order valence-electron chi connectivity index (χ1n) is 6.61. The Labute approximate surface area is 115 Å².